The van der Waals surface area contributed by atoms with Gasteiger partial charge in [0.15, 0.2) is 5.66 Å². The van der Waals surface area contributed by atoms with Crippen molar-refractivity contribution in [3.63, 3.8) is 0 Å². The summed E-state index contributed by atoms with van der Waals surface area (Å²) in [4.78, 5) is 50.4. The van der Waals surface area contributed by atoms with E-state index in [2.05, 4.69) is 26.8 Å². The van der Waals surface area contributed by atoms with Crippen LogP contribution in [0.5, 0.6) is 0 Å². The highest BCUT2D eigenvalue weighted by atomic mass is 16.2. The van der Waals surface area contributed by atoms with Gasteiger partial charge in [0.05, 0.1) is 0 Å². The molecule has 9 nitrogen and oxygen atoms in total. The van der Waals surface area contributed by atoms with E-state index < -0.39 is 17.6 Å². The molecular weight excluding hydrogens is 386 g/mol. The molecule has 30 heavy (non-hydrogen) atoms. The summed E-state index contributed by atoms with van der Waals surface area (Å²) >= 11 is 0. The van der Waals surface area contributed by atoms with Crippen LogP contribution < -0.4 is 10.6 Å². The molecule has 9 heteroatoms. The molecule has 0 aliphatic carbocycles. The molecule has 3 aliphatic rings. The van der Waals surface area contributed by atoms with Crippen LogP contribution in [-0.2, 0) is 20.9 Å². The number of benzene rings is 1. The molecule has 4 rings (SSSR count). The Hall–Kier alpha value is -3.54. The third-order valence-corrected chi connectivity index (χ3v) is 5.66. The van der Waals surface area contributed by atoms with Crippen molar-refractivity contribution in [2.45, 2.75) is 56.8 Å². The fraction of sp³-hybridized carbons (Fsp3) is 0.429. The zero-order chi connectivity index (χ0) is 21.3. The Balaban J connectivity index is 1.41. The third kappa shape index (κ3) is 3.81. The van der Waals surface area contributed by atoms with E-state index in [-0.39, 0.29) is 37.1 Å². The molecule has 0 spiro atoms. The van der Waals surface area contributed by atoms with Gasteiger partial charge in [0, 0.05) is 55.5 Å². The SMILES string of the molecule is C#CCCC1(CCC(=O)Nc2cccc3c2CN(C2CCC(=O)NC2=O)C3=O)N=N1. The molecule has 154 valence electrons. The van der Waals surface area contributed by atoms with E-state index in [0.29, 0.717) is 42.5 Å². The van der Waals surface area contributed by atoms with Gasteiger partial charge >= 0.3 is 0 Å². The van der Waals surface area contributed by atoms with Crippen molar-refractivity contribution in [1.82, 2.24) is 10.2 Å². The number of imide groups is 1. The van der Waals surface area contributed by atoms with E-state index in [1.807, 2.05) is 0 Å². The van der Waals surface area contributed by atoms with Crippen LogP contribution in [0.1, 0.15) is 54.4 Å². The van der Waals surface area contributed by atoms with Crippen molar-refractivity contribution in [2.75, 3.05) is 5.32 Å². The van der Waals surface area contributed by atoms with Crippen molar-refractivity contribution in [2.24, 2.45) is 10.2 Å². The van der Waals surface area contributed by atoms with Gasteiger partial charge in [0.25, 0.3) is 5.91 Å². The number of piperidine rings is 1. The predicted octanol–water partition coefficient (Wildman–Crippen LogP) is 1.74. The molecule has 1 aromatic rings. The number of nitrogens with one attached hydrogen (secondary N) is 2. The van der Waals surface area contributed by atoms with Crippen LogP contribution in [0.3, 0.4) is 0 Å². The van der Waals surface area contributed by atoms with Crippen LogP contribution in [0.4, 0.5) is 5.69 Å². The molecule has 1 unspecified atom stereocenters. The minimum atomic E-state index is -0.694. The van der Waals surface area contributed by atoms with E-state index in [4.69, 9.17) is 6.42 Å². The normalized spacial score (nSPS) is 21.1. The summed E-state index contributed by atoms with van der Waals surface area (Å²) in [6.07, 6.45) is 7.66. The van der Waals surface area contributed by atoms with Gasteiger partial charge in [-0.15, -0.1) is 12.3 Å². The number of hydrogen-bond donors (Lipinski definition) is 2. The van der Waals surface area contributed by atoms with Crippen molar-refractivity contribution in [1.29, 1.82) is 0 Å². The number of nitrogens with zero attached hydrogens (tertiary/aromatic N) is 3. The Kier molecular flexibility index (Phi) is 5.08. The number of hydrogen-bond acceptors (Lipinski definition) is 6. The maximum Gasteiger partial charge on any atom is 0.255 e. The fourth-order valence-corrected chi connectivity index (χ4v) is 3.90. The van der Waals surface area contributed by atoms with Crippen molar-refractivity contribution < 1.29 is 19.2 Å². The van der Waals surface area contributed by atoms with Crippen molar-refractivity contribution >= 4 is 29.3 Å². The minimum absolute atomic E-state index is 0.192. The lowest BCUT2D eigenvalue weighted by molar-refractivity contribution is -0.137. The van der Waals surface area contributed by atoms with Crippen molar-refractivity contribution in [3.8, 4) is 12.3 Å². The summed E-state index contributed by atoms with van der Waals surface area (Å²) in [6, 6.07) is 4.41. The van der Waals surface area contributed by atoms with Crippen LogP contribution >= 0.6 is 0 Å². The van der Waals surface area contributed by atoms with Gasteiger partial charge in [-0.2, -0.15) is 10.2 Å². The highest BCUT2D eigenvalue weighted by molar-refractivity contribution is 6.06. The lowest BCUT2D eigenvalue weighted by Gasteiger charge is -2.29. The number of carbonyl (C=O) groups excluding carboxylic acids is 4. The highest BCUT2D eigenvalue weighted by Crippen LogP contribution is 2.38. The summed E-state index contributed by atoms with van der Waals surface area (Å²) in [7, 11) is 0. The molecular formula is C21H21N5O4. The standard InChI is InChI=1S/C21H21N5O4/c1-2-3-10-21(24-25-21)11-9-18(28)22-15-6-4-5-13-14(15)12-26(20(13)30)16-7-8-17(27)23-19(16)29/h1,4-6,16H,3,7-12H2,(H,22,28)(H,23,27,29). The summed E-state index contributed by atoms with van der Waals surface area (Å²) in [5, 5.41) is 13.2. The summed E-state index contributed by atoms with van der Waals surface area (Å²) in [6.45, 7) is 0.202. The molecule has 3 heterocycles. The van der Waals surface area contributed by atoms with Gasteiger partial charge in [-0.1, -0.05) is 6.07 Å². The quantitative estimate of drug-likeness (QED) is 0.528. The number of carbonyl (C=O) groups is 4. The van der Waals surface area contributed by atoms with Crippen LogP contribution in [0.15, 0.2) is 28.4 Å². The maximum atomic E-state index is 12.8. The Morgan fingerprint density at radius 2 is 2.10 bits per heavy atom. The molecule has 1 atom stereocenters. The summed E-state index contributed by atoms with van der Waals surface area (Å²) < 4.78 is 0. The van der Waals surface area contributed by atoms with Crippen molar-refractivity contribution in [3.05, 3.63) is 29.3 Å². The highest BCUT2D eigenvalue weighted by Gasteiger charge is 2.41. The molecule has 0 radical (unpaired) electrons. The number of fused-ring (bicyclic) bond motifs is 1. The molecule has 1 aromatic carbocycles. The third-order valence-electron chi connectivity index (χ3n) is 5.66. The molecule has 4 amide bonds. The number of terminal acetylenes is 1. The number of rotatable bonds is 7. The van der Waals surface area contributed by atoms with E-state index in [9.17, 15) is 19.2 Å². The van der Waals surface area contributed by atoms with Gasteiger partial charge in [-0.3, -0.25) is 24.5 Å². The first-order chi connectivity index (χ1) is 14.4. The van der Waals surface area contributed by atoms with Gasteiger partial charge in [-0.25, -0.2) is 0 Å². The molecule has 0 aromatic heterocycles. The predicted molar refractivity (Wildman–Crippen MR) is 106 cm³/mol. The Morgan fingerprint density at radius 3 is 2.80 bits per heavy atom. The van der Waals surface area contributed by atoms with Gasteiger partial charge in [-0.05, 0) is 18.6 Å². The van der Waals surface area contributed by atoms with Gasteiger partial charge in [0.1, 0.15) is 6.04 Å². The number of amides is 4. The summed E-state index contributed by atoms with van der Waals surface area (Å²) in [5.41, 5.74) is 1.14. The molecule has 1 saturated heterocycles. The molecule has 2 N–H and O–H groups in total. The second-order valence-corrected chi connectivity index (χ2v) is 7.67. The first kappa shape index (κ1) is 19.8. The van der Waals surface area contributed by atoms with Crippen LogP contribution in [0.2, 0.25) is 0 Å². The van der Waals surface area contributed by atoms with Crippen LogP contribution in [0, 0.1) is 12.3 Å². The summed E-state index contributed by atoms with van der Waals surface area (Å²) in [5.74, 6) is 1.28. The Labute approximate surface area is 173 Å². The van der Waals surface area contributed by atoms with Gasteiger partial charge in [0.2, 0.25) is 17.7 Å². The van der Waals surface area contributed by atoms with E-state index >= 15 is 0 Å². The Morgan fingerprint density at radius 1 is 1.30 bits per heavy atom. The van der Waals surface area contributed by atoms with Gasteiger partial charge < -0.3 is 10.2 Å². The lowest BCUT2D eigenvalue weighted by atomic mass is 10.0. The zero-order valence-electron chi connectivity index (χ0n) is 16.3. The topological polar surface area (TPSA) is 120 Å². The molecule has 3 aliphatic heterocycles. The second kappa shape index (κ2) is 7.71. The smallest absolute Gasteiger partial charge is 0.255 e. The minimum Gasteiger partial charge on any atom is -0.326 e. The first-order valence-corrected chi connectivity index (χ1v) is 9.86. The van der Waals surface area contributed by atoms with Crippen LogP contribution in [0.25, 0.3) is 0 Å². The average Bonchev–Trinajstić information content (AvgIpc) is 3.42. The van der Waals surface area contributed by atoms with E-state index in [0.717, 1.165) is 0 Å². The fourth-order valence-electron chi connectivity index (χ4n) is 3.90. The largest absolute Gasteiger partial charge is 0.326 e. The van der Waals surface area contributed by atoms with E-state index in [1.54, 1.807) is 18.2 Å². The molecule has 0 bridgehead atoms. The monoisotopic (exact) mass is 407 g/mol. The average molecular weight is 407 g/mol. The first-order valence-electron chi connectivity index (χ1n) is 9.86. The maximum absolute atomic E-state index is 12.8. The van der Waals surface area contributed by atoms with Crippen LogP contribution in [-0.4, -0.2) is 40.2 Å². The van der Waals surface area contributed by atoms with E-state index in [1.165, 1.54) is 4.90 Å². The second-order valence-electron chi connectivity index (χ2n) is 7.67. The zero-order valence-corrected chi connectivity index (χ0v) is 16.3. The number of anilines is 1. The molecule has 0 saturated carbocycles. The Bertz CT molecular complexity index is 1000. The molecule has 1 fully saturated rings. The lowest BCUT2D eigenvalue weighted by Crippen LogP contribution is -2.52.